The van der Waals surface area contributed by atoms with Gasteiger partial charge < -0.3 is 0 Å². The Hall–Kier alpha value is 0. The van der Waals surface area contributed by atoms with Crippen LogP contribution >= 0.6 is 0 Å². The quantitative estimate of drug-likeness (QED) is 0.401. The molecule has 0 aliphatic heterocycles. The molecule has 0 saturated carbocycles. The van der Waals surface area contributed by atoms with Crippen LogP contribution in [0, 0.1) is 11.8 Å². The van der Waals surface area contributed by atoms with E-state index in [1.54, 1.807) is 0 Å². The molecule has 0 saturated heterocycles. The summed E-state index contributed by atoms with van der Waals surface area (Å²) >= 11 is 0. The third-order valence-electron chi connectivity index (χ3n) is 3.87. The molecule has 1 atom stereocenters. The number of hydrogen-bond acceptors (Lipinski definition) is 0. The van der Waals surface area contributed by atoms with Gasteiger partial charge in [-0.25, -0.2) is 0 Å². The van der Waals surface area contributed by atoms with Crippen molar-refractivity contribution in [1.82, 2.24) is 0 Å². The molecular weight excluding hydrogens is 180 g/mol. The fraction of sp³-hybridized carbons (Fsp3) is 1.00. The molecule has 0 heterocycles. The van der Waals surface area contributed by atoms with Crippen molar-refractivity contribution in [2.24, 2.45) is 11.8 Å². The van der Waals surface area contributed by atoms with Crippen LogP contribution in [0.5, 0.6) is 0 Å². The van der Waals surface area contributed by atoms with E-state index in [0.29, 0.717) is 0 Å². The second-order valence-electron chi connectivity index (χ2n) is 5.11. The Balaban J connectivity index is 3.33. The lowest BCUT2D eigenvalue weighted by Gasteiger charge is -2.20. The van der Waals surface area contributed by atoms with Crippen LogP contribution in [-0.4, -0.2) is 0 Å². The van der Waals surface area contributed by atoms with E-state index in [4.69, 9.17) is 0 Å². The van der Waals surface area contributed by atoms with Crippen LogP contribution in [0.4, 0.5) is 0 Å². The molecule has 0 aromatic rings. The van der Waals surface area contributed by atoms with Gasteiger partial charge in [0.2, 0.25) is 0 Å². The lowest BCUT2D eigenvalue weighted by Crippen LogP contribution is -2.09. The molecule has 0 heteroatoms. The Morgan fingerprint density at radius 3 is 1.80 bits per heavy atom. The zero-order valence-electron chi connectivity index (χ0n) is 11.5. The van der Waals surface area contributed by atoms with E-state index in [9.17, 15) is 0 Å². The minimum atomic E-state index is 0.950. The van der Waals surface area contributed by atoms with E-state index < -0.39 is 0 Å². The van der Waals surface area contributed by atoms with Gasteiger partial charge in [0.15, 0.2) is 0 Å². The maximum absolute atomic E-state index is 2.45. The van der Waals surface area contributed by atoms with Crippen LogP contribution < -0.4 is 0 Å². The average Bonchev–Trinajstić information content (AvgIpc) is 2.25. The van der Waals surface area contributed by atoms with Gasteiger partial charge in [-0.3, -0.25) is 0 Å². The highest BCUT2D eigenvalue weighted by Gasteiger charge is 2.12. The smallest absolute Gasteiger partial charge is 0.0394 e. The molecule has 0 bridgehead atoms. The summed E-state index contributed by atoms with van der Waals surface area (Å²) in [6, 6.07) is 0. The SMILES string of the molecule is CCCCCCCCC(C)C(CC)CC. The minimum absolute atomic E-state index is 0.950. The summed E-state index contributed by atoms with van der Waals surface area (Å²) in [7, 11) is 0. The molecule has 92 valence electrons. The zero-order chi connectivity index (χ0) is 11.5. The second-order valence-corrected chi connectivity index (χ2v) is 5.11. The zero-order valence-corrected chi connectivity index (χ0v) is 11.5. The van der Waals surface area contributed by atoms with E-state index in [2.05, 4.69) is 27.7 Å². The van der Waals surface area contributed by atoms with Crippen LogP contribution in [0.15, 0.2) is 0 Å². The van der Waals surface area contributed by atoms with Gasteiger partial charge in [0.25, 0.3) is 0 Å². The summed E-state index contributed by atoms with van der Waals surface area (Å²) < 4.78 is 0. The molecule has 0 spiro atoms. The number of hydrogen-bond donors (Lipinski definition) is 0. The van der Waals surface area contributed by atoms with Gasteiger partial charge in [0, 0.05) is 0 Å². The number of unbranched alkanes of at least 4 members (excludes halogenated alkanes) is 5. The molecule has 0 fully saturated rings. The molecule has 0 nitrogen and oxygen atoms in total. The van der Waals surface area contributed by atoms with Crippen molar-refractivity contribution in [1.29, 1.82) is 0 Å². The van der Waals surface area contributed by atoms with Crippen molar-refractivity contribution >= 4 is 0 Å². The summed E-state index contributed by atoms with van der Waals surface area (Å²) in [5, 5.41) is 0. The van der Waals surface area contributed by atoms with Gasteiger partial charge in [-0.2, -0.15) is 0 Å². The largest absolute Gasteiger partial charge is 0.0654 e. The van der Waals surface area contributed by atoms with Crippen molar-refractivity contribution in [3.63, 3.8) is 0 Å². The Kier molecular flexibility index (Phi) is 10.5. The Morgan fingerprint density at radius 1 is 0.733 bits per heavy atom. The van der Waals surface area contributed by atoms with E-state index in [1.807, 2.05) is 0 Å². The summed E-state index contributed by atoms with van der Waals surface area (Å²) in [5.74, 6) is 1.92. The molecule has 0 aromatic carbocycles. The molecular formula is C15H32. The summed E-state index contributed by atoms with van der Waals surface area (Å²) in [4.78, 5) is 0. The first-order valence-corrected chi connectivity index (χ1v) is 7.26. The Morgan fingerprint density at radius 2 is 1.27 bits per heavy atom. The second kappa shape index (κ2) is 10.5. The summed E-state index contributed by atoms with van der Waals surface area (Å²) in [5.41, 5.74) is 0. The molecule has 0 aliphatic rings. The predicted molar refractivity (Wildman–Crippen MR) is 71.2 cm³/mol. The van der Waals surface area contributed by atoms with Gasteiger partial charge in [0.1, 0.15) is 0 Å². The average molecular weight is 212 g/mol. The monoisotopic (exact) mass is 212 g/mol. The minimum Gasteiger partial charge on any atom is -0.0654 e. The fourth-order valence-corrected chi connectivity index (χ4v) is 2.58. The van der Waals surface area contributed by atoms with Gasteiger partial charge in [0.05, 0.1) is 0 Å². The van der Waals surface area contributed by atoms with Crippen LogP contribution in [0.3, 0.4) is 0 Å². The van der Waals surface area contributed by atoms with Crippen molar-refractivity contribution < 1.29 is 0 Å². The van der Waals surface area contributed by atoms with Crippen molar-refractivity contribution in [3.8, 4) is 0 Å². The highest BCUT2D eigenvalue weighted by atomic mass is 14.2. The highest BCUT2D eigenvalue weighted by molar-refractivity contribution is 4.63. The maximum Gasteiger partial charge on any atom is -0.0394 e. The van der Waals surface area contributed by atoms with Crippen molar-refractivity contribution in [3.05, 3.63) is 0 Å². The lowest BCUT2D eigenvalue weighted by atomic mass is 9.85. The van der Waals surface area contributed by atoms with Crippen molar-refractivity contribution in [2.45, 2.75) is 85.5 Å². The van der Waals surface area contributed by atoms with E-state index in [1.165, 1.54) is 57.8 Å². The van der Waals surface area contributed by atoms with Crippen LogP contribution in [0.2, 0.25) is 0 Å². The maximum atomic E-state index is 2.45. The first kappa shape index (κ1) is 15.0. The molecule has 0 rings (SSSR count). The van der Waals surface area contributed by atoms with Crippen LogP contribution in [0.1, 0.15) is 85.5 Å². The van der Waals surface area contributed by atoms with Gasteiger partial charge in [-0.05, 0) is 11.8 Å². The van der Waals surface area contributed by atoms with Crippen LogP contribution in [-0.2, 0) is 0 Å². The summed E-state index contributed by atoms with van der Waals surface area (Å²) in [6.07, 6.45) is 12.8. The first-order valence-electron chi connectivity index (χ1n) is 7.26. The molecule has 1 unspecified atom stereocenters. The Labute approximate surface area is 97.8 Å². The first-order chi connectivity index (χ1) is 7.26. The Bertz CT molecular complexity index is 113. The third kappa shape index (κ3) is 7.88. The lowest BCUT2D eigenvalue weighted by molar-refractivity contribution is 0.309. The molecule has 0 aromatic heterocycles. The molecule has 0 N–H and O–H groups in total. The molecule has 0 aliphatic carbocycles. The van der Waals surface area contributed by atoms with Gasteiger partial charge >= 0.3 is 0 Å². The summed E-state index contributed by atoms with van der Waals surface area (Å²) in [6.45, 7) is 9.41. The van der Waals surface area contributed by atoms with Gasteiger partial charge in [-0.1, -0.05) is 85.5 Å². The third-order valence-corrected chi connectivity index (χ3v) is 3.87. The topological polar surface area (TPSA) is 0 Å². The molecule has 0 radical (unpaired) electrons. The van der Waals surface area contributed by atoms with E-state index in [0.717, 1.165) is 11.8 Å². The predicted octanol–water partition coefficient (Wildman–Crippen LogP) is 5.81. The number of rotatable bonds is 10. The standard InChI is InChI=1S/C15H32/c1-5-8-9-10-11-12-13-14(4)15(6-2)7-3/h14-15H,5-13H2,1-4H3. The van der Waals surface area contributed by atoms with Crippen molar-refractivity contribution in [2.75, 3.05) is 0 Å². The van der Waals surface area contributed by atoms with E-state index >= 15 is 0 Å². The fourth-order valence-electron chi connectivity index (χ4n) is 2.58. The van der Waals surface area contributed by atoms with Gasteiger partial charge in [-0.15, -0.1) is 0 Å². The molecule has 15 heavy (non-hydrogen) atoms. The van der Waals surface area contributed by atoms with E-state index in [-0.39, 0.29) is 0 Å². The molecule has 0 amide bonds. The normalized spacial score (nSPS) is 13.4. The highest BCUT2D eigenvalue weighted by Crippen LogP contribution is 2.24. The van der Waals surface area contributed by atoms with Crippen LogP contribution in [0.25, 0.3) is 0 Å².